The van der Waals surface area contributed by atoms with Crippen LogP contribution in [0.4, 0.5) is 0 Å². The minimum atomic E-state index is -1.29. The predicted molar refractivity (Wildman–Crippen MR) is 69.3 cm³/mol. The van der Waals surface area contributed by atoms with Crippen molar-refractivity contribution in [3.05, 3.63) is 41.9 Å². The van der Waals surface area contributed by atoms with Gasteiger partial charge in [0.1, 0.15) is 11.1 Å². The fourth-order valence-electron chi connectivity index (χ4n) is 1.71. The molecule has 0 N–H and O–H groups in total. The van der Waals surface area contributed by atoms with Gasteiger partial charge in [0.05, 0.1) is 16.4 Å². The maximum Gasteiger partial charge on any atom is 0.145 e. The molecule has 2 rings (SSSR count). The van der Waals surface area contributed by atoms with Crippen LogP contribution in [0.5, 0.6) is 0 Å². The van der Waals surface area contributed by atoms with E-state index in [1.165, 1.54) is 6.26 Å². The Morgan fingerprint density at radius 2 is 2.22 bits per heavy atom. The zero-order valence-electron chi connectivity index (χ0n) is 10.0. The molecule has 1 unspecified atom stereocenters. The third kappa shape index (κ3) is 2.29. The van der Waals surface area contributed by atoms with Crippen molar-refractivity contribution in [2.75, 3.05) is 6.26 Å². The Hall–Kier alpha value is -2.06. The maximum absolute atomic E-state index is 11.6. The Balaban J connectivity index is 2.76. The molecular formula is C13H11N3OS. The fraction of sp³-hybridized carbons (Fsp3) is 0.154. The van der Waals surface area contributed by atoms with Crippen LogP contribution in [0.3, 0.4) is 0 Å². The Morgan fingerprint density at radius 1 is 1.44 bits per heavy atom. The second-order valence-electron chi connectivity index (χ2n) is 3.80. The smallest absolute Gasteiger partial charge is 0.145 e. The zero-order valence-corrected chi connectivity index (χ0v) is 10.9. The van der Waals surface area contributed by atoms with Crippen LogP contribution in [0.25, 0.3) is 11.1 Å². The first-order valence-corrected chi connectivity index (χ1v) is 6.85. The van der Waals surface area contributed by atoms with Gasteiger partial charge in [-0.1, -0.05) is 6.07 Å². The van der Waals surface area contributed by atoms with E-state index in [1.807, 2.05) is 19.1 Å². The van der Waals surface area contributed by atoms with Crippen molar-refractivity contribution in [1.29, 1.82) is 5.26 Å². The second-order valence-corrected chi connectivity index (χ2v) is 5.09. The normalized spacial score (nSPS) is 11.8. The molecule has 0 aliphatic carbocycles. The summed E-state index contributed by atoms with van der Waals surface area (Å²) in [7, 11) is -1.29. The quantitative estimate of drug-likeness (QED) is 0.826. The van der Waals surface area contributed by atoms with Gasteiger partial charge in [0.25, 0.3) is 0 Å². The number of pyridine rings is 2. The highest BCUT2D eigenvalue weighted by molar-refractivity contribution is 7.84. The number of hydrogen-bond acceptors (Lipinski definition) is 4. The van der Waals surface area contributed by atoms with Crippen LogP contribution in [0, 0.1) is 18.3 Å². The van der Waals surface area contributed by atoms with Crippen LogP contribution >= 0.6 is 0 Å². The number of nitriles is 1. The van der Waals surface area contributed by atoms with Gasteiger partial charge in [-0.05, 0) is 19.1 Å². The third-order valence-corrected chi connectivity index (χ3v) is 3.31. The molecule has 0 spiro atoms. The number of hydrogen-bond donors (Lipinski definition) is 0. The van der Waals surface area contributed by atoms with E-state index in [-0.39, 0.29) is 0 Å². The summed E-state index contributed by atoms with van der Waals surface area (Å²) in [5, 5.41) is 9.59. The summed E-state index contributed by atoms with van der Waals surface area (Å²) in [4.78, 5) is 8.22. The van der Waals surface area contributed by atoms with E-state index >= 15 is 0 Å². The van der Waals surface area contributed by atoms with Gasteiger partial charge in [0.2, 0.25) is 0 Å². The first kappa shape index (κ1) is 12.4. The molecule has 18 heavy (non-hydrogen) atoms. The average molecular weight is 257 g/mol. The molecule has 0 aliphatic heterocycles. The molecule has 5 heteroatoms. The van der Waals surface area contributed by atoms with Crippen molar-refractivity contribution in [3.63, 3.8) is 0 Å². The van der Waals surface area contributed by atoms with Crippen molar-refractivity contribution in [2.45, 2.75) is 11.9 Å². The number of nitrogens with zero attached hydrogens (tertiary/aromatic N) is 3. The number of rotatable bonds is 2. The lowest BCUT2D eigenvalue weighted by Gasteiger charge is -2.08. The summed E-state index contributed by atoms with van der Waals surface area (Å²) >= 11 is 0. The molecule has 0 bridgehead atoms. The highest BCUT2D eigenvalue weighted by Crippen LogP contribution is 2.26. The lowest BCUT2D eigenvalue weighted by Crippen LogP contribution is -2.01. The van der Waals surface area contributed by atoms with Crippen LogP contribution in [0.2, 0.25) is 0 Å². The lowest BCUT2D eigenvalue weighted by molar-refractivity contribution is 0.683. The van der Waals surface area contributed by atoms with Gasteiger partial charge < -0.3 is 0 Å². The van der Waals surface area contributed by atoms with Crippen molar-refractivity contribution >= 4 is 10.8 Å². The standard InChI is InChI=1S/C13H11N3OS/c1-9-6-11(10-4-3-5-15-8-10)12(7-14)13(16-9)18(2)17/h3-6,8H,1-2H3. The van der Waals surface area contributed by atoms with E-state index in [2.05, 4.69) is 16.0 Å². The molecule has 0 aliphatic rings. The molecule has 0 amide bonds. The van der Waals surface area contributed by atoms with Gasteiger partial charge in [-0.15, -0.1) is 0 Å². The topological polar surface area (TPSA) is 66.6 Å². The van der Waals surface area contributed by atoms with Gasteiger partial charge in [-0.25, -0.2) is 4.98 Å². The van der Waals surface area contributed by atoms with Crippen LogP contribution in [0.1, 0.15) is 11.3 Å². The SMILES string of the molecule is Cc1cc(-c2cccnc2)c(C#N)c(S(C)=O)n1. The molecule has 0 aromatic carbocycles. The van der Waals surface area contributed by atoms with Crippen LogP contribution < -0.4 is 0 Å². The van der Waals surface area contributed by atoms with E-state index in [1.54, 1.807) is 18.5 Å². The first-order chi connectivity index (χ1) is 8.63. The highest BCUT2D eigenvalue weighted by atomic mass is 32.2. The second kappa shape index (κ2) is 5.07. The molecule has 2 aromatic rings. The number of aromatic nitrogens is 2. The summed E-state index contributed by atoms with van der Waals surface area (Å²) in [6.07, 6.45) is 4.87. The molecule has 90 valence electrons. The Kier molecular flexibility index (Phi) is 3.49. The van der Waals surface area contributed by atoms with E-state index in [9.17, 15) is 9.47 Å². The summed E-state index contributed by atoms with van der Waals surface area (Å²) in [5.41, 5.74) is 2.64. The molecule has 2 heterocycles. The predicted octanol–water partition coefficient (Wildman–Crippen LogP) is 2.06. The molecular weight excluding hydrogens is 246 g/mol. The van der Waals surface area contributed by atoms with E-state index in [0.717, 1.165) is 16.8 Å². The van der Waals surface area contributed by atoms with E-state index in [0.29, 0.717) is 10.6 Å². The summed E-state index contributed by atoms with van der Waals surface area (Å²) < 4.78 is 11.6. The lowest BCUT2D eigenvalue weighted by atomic mass is 10.0. The fourth-order valence-corrected chi connectivity index (χ4v) is 2.43. The molecule has 0 fully saturated rings. The summed E-state index contributed by atoms with van der Waals surface area (Å²) in [6, 6.07) is 7.57. The van der Waals surface area contributed by atoms with Gasteiger partial charge >= 0.3 is 0 Å². The first-order valence-electron chi connectivity index (χ1n) is 5.29. The average Bonchev–Trinajstić information content (AvgIpc) is 2.38. The van der Waals surface area contributed by atoms with Crippen LogP contribution in [-0.2, 0) is 10.8 Å². The van der Waals surface area contributed by atoms with Crippen LogP contribution in [-0.4, -0.2) is 20.4 Å². The molecule has 2 aromatic heterocycles. The Labute approximate surface area is 108 Å². The van der Waals surface area contributed by atoms with Crippen LogP contribution in [0.15, 0.2) is 35.6 Å². The maximum atomic E-state index is 11.6. The third-order valence-electron chi connectivity index (χ3n) is 2.47. The Morgan fingerprint density at radius 3 is 2.78 bits per heavy atom. The molecule has 4 nitrogen and oxygen atoms in total. The molecule has 0 saturated heterocycles. The van der Waals surface area contributed by atoms with Gasteiger partial charge in [-0.3, -0.25) is 9.19 Å². The molecule has 0 radical (unpaired) electrons. The molecule has 0 saturated carbocycles. The van der Waals surface area contributed by atoms with Gasteiger partial charge in [-0.2, -0.15) is 5.26 Å². The highest BCUT2D eigenvalue weighted by Gasteiger charge is 2.15. The van der Waals surface area contributed by atoms with Crippen molar-refractivity contribution in [2.24, 2.45) is 0 Å². The van der Waals surface area contributed by atoms with Crippen molar-refractivity contribution < 1.29 is 4.21 Å². The Bertz CT molecular complexity index is 647. The monoisotopic (exact) mass is 257 g/mol. The summed E-state index contributed by atoms with van der Waals surface area (Å²) in [5.74, 6) is 0. The minimum Gasteiger partial charge on any atom is -0.264 e. The minimum absolute atomic E-state index is 0.330. The zero-order chi connectivity index (χ0) is 13.1. The van der Waals surface area contributed by atoms with E-state index < -0.39 is 10.8 Å². The van der Waals surface area contributed by atoms with E-state index in [4.69, 9.17) is 0 Å². The number of aryl methyl sites for hydroxylation is 1. The van der Waals surface area contributed by atoms with Gasteiger partial charge in [0.15, 0.2) is 0 Å². The van der Waals surface area contributed by atoms with Gasteiger partial charge in [0, 0.05) is 35.5 Å². The molecule has 1 atom stereocenters. The summed E-state index contributed by atoms with van der Waals surface area (Å²) in [6.45, 7) is 1.82. The van der Waals surface area contributed by atoms with Crippen molar-refractivity contribution in [1.82, 2.24) is 9.97 Å². The largest absolute Gasteiger partial charge is 0.264 e. The van der Waals surface area contributed by atoms with Crippen molar-refractivity contribution in [3.8, 4) is 17.2 Å².